The fraction of sp³-hybridized carbons (Fsp3) is 0.650. The van der Waals surface area contributed by atoms with Crippen LogP contribution in [0.2, 0.25) is 0 Å². The largest absolute Gasteiger partial charge is 0.478 e. The number of esters is 1. The maximum absolute atomic E-state index is 12.5. The third kappa shape index (κ3) is 6.21. The van der Waals surface area contributed by atoms with E-state index in [0.717, 1.165) is 19.3 Å². The quantitative estimate of drug-likeness (QED) is 0.425. The molecule has 2 N–H and O–H groups in total. The van der Waals surface area contributed by atoms with Gasteiger partial charge in [0.25, 0.3) is 0 Å². The van der Waals surface area contributed by atoms with Crippen molar-refractivity contribution in [3.8, 4) is 6.07 Å². The van der Waals surface area contributed by atoms with Crippen molar-refractivity contribution >= 4 is 11.9 Å². The third-order valence-electron chi connectivity index (χ3n) is 4.62. The summed E-state index contributed by atoms with van der Waals surface area (Å²) in [6.45, 7) is 5.66. The molecule has 0 aromatic carbocycles. The van der Waals surface area contributed by atoms with Crippen molar-refractivity contribution in [2.75, 3.05) is 6.61 Å². The Morgan fingerprint density at radius 1 is 1.12 bits per heavy atom. The van der Waals surface area contributed by atoms with Gasteiger partial charge in [0.15, 0.2) is 0 Å². The summed E-state index contributed by atoms with van der Waals surface area (Å²) in [5, 5.41) is 21.2. The van der Waals surface area contributed by atoms with Crippen LogP contribution >= 0.6 is 0 Å². The number of carboxylic acid groups (broad SMARTS) is 1. The summed E-state index contributed by atoms with van der Waals surface area (Å²) in [6.07, 6.45) is 7.30. The number of dihydropyridines is 1. The predicted molar refractivity (Wildman–Crippen MR) is 98.8 cm³/mol. The van der Waals surface area contributed by atoms with E-state index in [1.807, 2.05) is 6.07 Å². The highest BCUT2D eigenvalue weighted by Gasteiger charge is 2.35. The molecule has 0 saturated carbocycles. The summed E-state index contributed by atoms with van der Waals surface area (Å²) in [4.78, 5) is 24.3. The summed E-state index contributed by atoms with van der Waals surface area (Å²) in [6, 6.07) is 1.93. The monoisotopic (exact) mass is 362 g/mol. The van der Waals surface area contributed by atoms with E-state index < -0.39 is 17.9 Å². The molecule has 26 heavy (non-hydrogen) atoms. The zero-order chi connectivity index (χ0) is 19.5. The van der Waals surface area contributed by atoms with Crippen LogP contribution in [0.15, 0.2) is 22.5 Å². The van der Waals surface area contributed by atoms with E-state index in [0.29, 0.717) is 23.4 Å². The lowest BCUT2D eigenvalue weighted by Gasteiger charge is -2.29. The molecule has 0 aromatic heterocycles. The Bertz CT molecular complexity index is 614. The van der Waals surface area contributed by atoms with E-state index in [1.165, 1.54) is 19.3 Å². The number of hydrogen-bond acceptors (Lipinski definition) is 5. The minimum absolute atomic E-state index is 0.0148. The molecule has 6 nitrogen and oxygen atoms in total. The number of hydrogen-bond donors (Lipinski definition) is 2. The normalized spacial score (nSPS) is 16.9. The van der Waals surface area contributed by atoms with E-state index in [-0.39, 0.29) is 18.6 Å². The van der Waals surface area contributed by atoms with Gasteiger partial charge < -0.3 is 15.2 Å². The standard InChI is InChI=1S/C20H30N2O4/c1-4-5-6-7-8-9-11-16-17(19(23)24)14(2)22-15(3)18(16)20(25)26-13-10-12-21/h16,22H,4-11,13H2,1-3H3,(H,23,24). The molecule has 1 atom stereocenters. The van der Waals surface area contributed by atoms with E-state index in [1.54, 1.807) is 13.8 Å². The highest BCUT2D eigenvalue weighted by molar-refractivity contribution is 5.97. The smallest absolute Gasteiger partial charge is 0.336 e. The average Bonchev–Trinajstić information content (AvgIpc) is 2.57. The van der Waals surface area contributed by atoms with Crippen LogP contribution in [-0.2, 0) is 14.3 Å². The summed E-state index contributed by atoms with van der Waals surface area (Å²) in [5.74, 6) is -2.03. The van der Waals surface area contributed by atoms with Crippen LogP contribution in [0.4, 0.5) is 0 Å². The molecule has 0 saturated heterocycles. The van der Waals surface area contributed by atoms with Crippen molar-refractivity contribution in [2.24, 2.45) is 5.92 Å². The molecule has 0 aromatic rings. The number of carbonyl (C=O) groups excluding carboxylic acids is 1. The minimum Gasteiger partial charge on any atom is -0.478 e. The number of unbranched alkanes of at least 4 members (excludes halogenated alkanes) is 5. The Labute approximate surface area is 155 Å². The van der Waals surface area contributed by atoms with Crippen LogP contribution in [-0.4, -0.2) is 23.7 Å². The lowest BCUT2D eigenvalue weighted by Crippen LogP contribution is -2.33. The van der Waals surface area contributed by atoms with Crippen molar-refractivity contribution in [1.29, 1.82) is 5.26 Å². The van der Waals surface area contributed by atoms with Gasteiger partial charge in [0.2, 0.25) is 0 Å². The van der Waals surface area contributed by atoms with Crippen molar-refractivity contribution in [3.05, 3.63) is 22.5 Å². The number of ether oxygens (including phenoxy) is 1. The van der Waals surface area contributed by atoms with Crippen molar-refractivity contribution < 1.29 is 19.4 Å². The maximum Gasteiger partial charge on any atom is 0.336 e. The molecule has 0 radical (unpaired) electrons. The second kappa shape index (κ2) is 11.3. The lowest BCUT2D eigenvalue weighted by molar-refractivity contribution is -0.139. The zero-order valence-electron chi connectivity index (χ0n) is 16.1. The molecule has 0 aliphatic carbocycles. The molecule has 1 aliphatic rings. The van der Waals surface area contributed by atoms with Crippen LogP contribution in [0.25, 0.3) is 0 Å². The van der Waals surface area contributed by atoms with Crippen LogP contribution in [0.1, 0.15) is 72.1 Å². The molecule has 1 rings (SSSR count). The van der Waals surface area contributed by atoms with E-state index in [4.69, 9.17) is 10.00 Å². The van der Waals surface area contributed by atoms with E-state index in [9.17, 15) is 14.7 Å². The average molecular weight is 362 g/mol. The van der Waals surface area contributed by atoms with Crippen molar-refractivity contribution in [3.63, 3.8) is 0 Å². The minimum atomic E-state index is -1.01. The first-order valence-electron chi connectivity index (χ1n) is 9.39. The number of nitrogens with zero attached hydrogens (tertiary/aromatic N) is 1. The van der Waals surface area contributed by atoms with Gasteiger partial charge in [0, 0.05) is 17.3 Å². The first-order chi connectivity index (χ1) is 12.4. The Balaban J connectivity index is 2.89. The van der Waals surface area contributed by atoms with E-state index in [2.05, 4.69) is 12.2 Å². The highest BCUT2D eigenvalue weighted by Crippen LogP contribution is 2.34. The molecular weight excluding hydrogens is 332 g/mol. The van der Waals surface area contributed by atoms with Crippen LogP contribution in [0.5, 0.6) is 0 Å². The number of carbonyl (C=O) groups is 2. The molecular formula is C20H30N2O4. The molecule has 0 amide bonds. The number of nitriles is 1. The first kappa shape index (κ1) is 21.8. The van der Waals surface area contributed by atoms with Gasteiger partial charge in [0.05, 0.1) is 23.6 Å². The first-order valence-corrected chi connectivity index (χ1v) is 9.39. The Morgan fingerprint density at radius 3 is 2.35 bits per heavy atom. The summed E-state index contributed by atoms with van der Waals surface area (Å²) < 4.78 is 5.17. The molecule has 1 unspecified atom stereocenters. The number of aliphatic carboxylic acids is 1. The lowest BCUT2D eigenvalue weighted by atomic mass is 9.82. The maximum atomic E-state index is 12.5. The molecule has 1 aliphatic heterocycles. The van der Waals surface area contributed by atoms with E-state index >= 15 is 0 Å². The van der Waals surface area contributed by atoms with Gasteiger partial charge in [-0.15, -0.1) is 0 Å². The fourth-order valence-corrected chi connectivity index (χ4v) is 3.37. The second-order valence-corrected chi connectivity index (χ2v) is 6.66. The third-order valence-corrected chi connectivity index (χ3v) is 4.62. The summed E-state index contributed by atoms with van der Waals surface area (Å²) >= 11 is 0. The SMILES string of the molecule is CCCCCCCCC1C(C(=O)O)=C(C)NC(C)=C1C(=O)OCCC#N. The number of rotatable bonds is 11. The topological polar surface area (TPSA) is 99.4 Å². The van der Waals surface area contributed by atoms with Crippen LogP contribution in [0, 0.1) is 17.2 Å². The zero-order valence-corrected chi connectivity index (χ0v) is 16.1. The Hall–Kier alpha value is -2.29. The van der Waals surface area contributed by atoms with Crippen LogP contribution < -0.4 is 5.32 Å². The number of nitrogens with one attached hydrogen (secondary N) is 1. The Kier molecular flexibility index (Phi) is 9.50. The van der Waals surface area contributed by atoms with Gasteiger partial charge in [-0.05, 0) is 20.3 Å². The van der Waals surface area contributed by atoms with Gasteiger partial charge in [-0.2, -0.15) is 5.26 Å². The summed E-state index contributed by atoms with van der Waals surface area (Å²) in [5.41, 5.74) is 1.81. The van der Waals surface area contributed by atoms with Gasteiger partial charge >= 0.3 is 11.9 Å². The second-order valence-electron chi connectivity index (χ2n) is 6.66. The highest BCUT2D eigenvalue weighted by atomic mass is 16.5. The molecule has 6 heteroatoms. The molecule has 144 valence electrons. The van der Waals surface area contributed by atoms with Crippen molar-refractivity contribution in [1.82, 2.24) is 5.32 Å². The van der Waals surface area contributed by atoms with Gasteiger partial charge in [-0.3, -0.25) is 0 Å². The van der Waals surface area contributed by atoms with Gasteiger partial charge in [-0.1, -0.05) is 45.4 Å². The summed E-state index contributed by atoms with van der Waals surface area (Å²) in [7, 11) is 0. The number of carboxylic acids is 1. The molecule has 1 heterocycles. The molecule has 0 spiro atoms. The molecule has 0 bridgehead atoms. The fourth-order valence-electron chi connectivity index (χ4n) is 3.37. The number of allylic oxidation sites excluding steroid dienone is 2. The van der Waals surface area contributed by atoms with Crippen LogP contribution in [0.3, 0.4) is 0 Å². The Morgan fingerprint density at radius 2 is 1.73 bits per heavy atom. The van der Waals surface area contributed by atoms with Gasteiger partial charge in [-0.25, -0.2) is 9.59 Å². The molecule has 0 fully saturated rings. The predicted octanol–water partition coefficient (Wildman–Crippen LogP) is 4.05. The van der Waals surface area contributed by atoms with Crippen molar-refractivity contribution in [2.45, 2.75) is 72.1 Å². The van der Waals surface area contributed by atoms with Gasteiger partial charge in [0.1, 0.15) is 6.61 Å².